The predicted molar refractivity (Wildman–Crippen MR) is 164 cm³/mol. The first-order chi connectivity index (χ1) is 21.1. The van der Waals surface area contributed by atoms with Gasteiger partial charge >= 0.3 is 6.03 Å². The van der Waals surface area contributed by atoms with Gasteiger partial charge in [0.25, 0.3) is 5.91 Å². The number of nitrogens with one attached hydrogen (secondary N) is 3. The molecule has 3 heterocycles. The van der Waals surface area contributed by atoms with E-state index in [1.165, 1.54) is 18.1 Å². The molecule has 2 aliphatic rings. The molecule has 0 aliphatic heterocycles. The number of benzene rings is 1. The summed E-state index contributed by atoms with van der Waals surface area (Å²) in [7, 11) is -2.43. The summed E-state index contributed by atoms with van der Waals surface area (Å²) in [6.45, 7) is 5.87. The molecule has 44 heavy (non-hydrogen) atoms. The third kappa shape index (κ3) is 5.64. The van der Waals surface area contributed by atoms with Crippen LogP contribution < -0.4 is 20.3 Å². The van der Waals surface area contributed by atoms with Crippen molar-refractivity contribution in [3.63, 3.8) is 0 Å². The van der Waals surface area contributed by atoms with Crippen molar-refractivity contribution in [2.45, 2.75) is 62.9 Å². The zero-order chi connectivity index (χ0) is 31.2. The SMILES string of the molecule is CNC(=O)N(c1cc(C)on1)C1CC(NC(=O)c2cccnc2)c2cc(S(=O)(=O)NCC(C)C)c3cc(C4CC4)ncc3c21. The Labute approximate surface area is 255 Å². The predicted octanol–water partition coefficient (Wildman–Crippen LogP) is 4.50. The largest absolute Gasteiger partial charge is 0.360 e. The van der Waals surface area contributed by atoms with Crippen molar-refractivity contribution >= 4 is 38.6 Å². The van der Waals surface area contributed by atoms with Crippen LogP contribution in [0.25, 0.3) is 10.8 Å². The Hall–Kier alpha value is -4.36. The number of carbonyl (C=O) groups is 2. The molecule has 0 spiro atoms. The molecule has 4 aromatic rings. The van der Waals surface area contributed by atoms with Gasteiger partial charge in [-0.3, -0.25) is 19.7 Å². The maximum atomic E-state index is 13.9. The molecule has 13 heteroatoms. The molecule has 0 bridgehead atoms. The number of aryl methyl sites for hydroxylation is 1. The Morgan fingerprint density at radius 1 is 1.14 bits per heavy atom. The van der Waals surface area contributed by atoms with Crippen LogP contribution in [0.4, 0.5) is 10.6 Å². The number of rotatable bonds is 9. The fourth-order valence-electron chi connectivity index (χ4n) is 5.75. The number of sulfonamides is 1. The second kappa shape index (κ2) is 11.6. The molecule has 1 fully saturated rings. The van der Waals surface area contributed by atoms with Gasteiger partial charge in [0.15, 0.2) is 5.82 Å². The van der Waals surface area contributed by atoms with Crippen molar-refractivity contribution in [2.75, 3.05) is 18.5 Å². The molecule has 1 saturated carbocycles. The van der Waals surface area contributed by atoms with Crippen LogP contribution in [-0.2, 0) is 10.0 Å². The summed E-state index contributed by atoms with van der Waals surface area (Å²) in [6.07, 6.45) is 7.00. The summed E-state index contributed by atoms with van der Waals surface area (Å²) in [5.74, 6) is 0.824. The van der Waals surface area contributed by atoms with E-state index in [1.807, 2.05) is 19.9 Å². The molecule has 2 aliphatic carbocycles. The highest BCUT2D eigenvalue weighted by molar-refractivity contribution is 7.89. The van der Waals surface area contributed by atoms with Crippen molar-refractivity contribution in [2.24, 2.45) is 5.92 Å². The van der Waals surface area contributed by atoms with E-state index in [9.17, 15) is 18.0 Å². The van der Waals surface area contributed by atoms with Gasteiger partial charge in [-0.2, -0.15) is 0 Å². The van der Waals surface area contributed by atoms with Crippen molar-refractivity contribution in [3.8, 4) is 0 Å². The summed E-state index contributed by atoms with van der Waals surface area (Å²) in [6, 6.07) is 6.78. The lowest BCUT2D eigenvalue weighted by Gasteiger charge is -2.28. The number of nitrogens with zero attached hydrogens (tertiary/aromatic N) is 4. The third-order valence-electron chi connectivity index (χ3n) is 8.05. The normalized spacial score (nSPS) is 17.9. The Kier molecular flexibility index (Phi) is 7.84. The highest BCUT2D eigenvalue weighted by atomic mass is 32.2. The fraction of sp³-hybridized carbons (Fsp3) is 0.387. The van der Waals surface area contributed by atoms with Gasteiger partial charge in [0, 0.05) is 60.6 Å². The molecular weight excluding hydrogens is 582 g/mol. The quantitative estimate of drug-likeness (QED) is 0.248. The number of fused-ring (bicyclic) bond motifs is 3. The molecule has 6 rings (SSSR count). The number of hydrogen-bond donors (Lipinski definition) is 3. The topological polar surface area (TPSA) is 159 Å². The highest BCUT2D eigenvalue weighted by Crippen LogP contribution is 2.49. The molecule has 2 atom stereocenters. The molecule has 230 valence electrons. The molecule has 3 aromatic heterocycles. The van der Waals surface area contributed by atoms with Crippen LogP contribution in [0.3, 0.4) is 0 Å². The standard InChI is InChI=1S/C31H35N7O5S/c1-17(2)14-35-44(41,42)27-12-22-25(36-30(39)20-6-5-9-33-15-20)13-26(38(31(40)32-4)28-10-18(3)43-37-28)29(22)23-16-34-24(11-21(23)27)19-7-8-19/h5-6,9-12,15-17,19,25-26,35H,7-8,13-14H2,1-4H3,(H,32,40)(H,36,39). The lowest BCUT2D eigenvalue weighted by molar-refractivity contribution is 0.0935. The van der Waals surface area contributed by atoms with Gasteiger partial charge in [-0.05, 0) is 67.5 Å². The third-order valence-corrected chi connectivity index (χ3v) is 9.51. The average Bonchev–Trinajstić information content (AvgIpc) is 3.69. The van der Waals surface area contributed by atoms with Gasteiger partial charge in [-0.15, -0.1) is 0 Å². The number of pyridine rings is 2. The van der Waals surface area contributed by atoms with Crippen molar-refractivity contribution in [3.05, 3.63) is 77.1 Å². The van der Waals surface area contributed by atoms with Crippen LogP contribution >= 0.6 is 0 Å². The molecule has 1 aromatic carbocycles. The van der Waals surface area contributed by atoms with E-state index in [0.29, 0.717) is 39.0 Å². The Balaban J connectivity index is 1.57. The van der Waals surface area contributed by atoms with Gasteiger partial charge in [0.1, 0.15) is 5.76 Å². The summed E-state index contributed by atoms with van der Waals surface area (Å²) in [5, 5.41) is 11.0. The number of aromatic nitrogens is 3. The first-order valence-electron chi connectivity index (χ1n) is 14.7. The molecule has 0 saturated heterocycles. The van der Waals surface area contributed by atoms with E-state index in [0.717, 1.165) is 18.5 Å². The van der Waals surface area contributed by atoms with Gasteiger partial charge < -0.3 is 15.2 Å². The minimum atomic E-state index is -3.96. The maximum Gasteiger partial charge on any atom is 0.323 e. The van der Waals surface area contributed by atoms with Gasteiger partial charge in [-0.1, -0.05) is 19.0 Å². The average molecular weight is 618 g/mol. The molecule has 3 amide bonds. The molecule has 12 nitrogen and oxygen atoms in total. The van der Waals surface area contributed by atoms with Crippen LogP contribution in [-0.4, -0.2) is 49.1 Å². The minimum Gasteiger partial charge on any atom is -0.360 e. The van der Waals surface area contributed by atoms with Crippen LogP contribution in [0.5, 0.6) is 0 Å². The zero-order valence-electron chi connectivity index (χ0n) is 25.0. The summed E-state index contributed by atoms with van der Waals surface area (Å²) < 4.78 is 35.8. The fourth-order valence-corrected chi connectivity index (χ4v) is 7.20. The van der Waals surface area contributed by atoms with Crippen molar-refractivity contribution in [1.82, 2.24) is 30.5 Å². The molecule has 0 radical (unpaired) electrons. The van der Waals surface area contributed by atoms with E-state index in [-0.39, 0.29) is 35.6 Å². The van der Waals surface area contributed by atoms with Crippen LogP contribution in [0.15, 0.2) is 58.3 Å². The number of carbonyl (C=O) groups excluding carboxylic acids is 2. The summed E-state index contributed by atoms with van der Waals surface area (Å²) >= 11 is 0. The zero-order valence-corrected chi connectivity index (χ0v) is 25.8. The summed E-state index contributed by atoms with van der Waals surface area (Å²) in [5.41, 5.74) is 2.47. The molecule has 3 N–H and O–H groups in total. The van der Waals surface area contributed by atoms with Gasteiger partial charge in [-0.25, -0.2) is 17.9 Å². The minimum absolute atomic E-state index is 0.0945. The Morgan fingerprint density at radius 3 is 2.57 bits per heavy atom. The van der Waals surface area contributed by atoms with Crippen LogP contribution in [0.2, 0.25) is 0 Å². The van der Waals surface area contributed by atoms with Crippen LogP contribution in [0.1, 0.15) is 84.1 Å². The number of anilines is 1. The smallest absolute Gasteiger partial charge is 0.323 e. The summed E-state index contributed by atoms with van der Waals surface area (Å²) in [4.78, 5) is 37.2. The number of urea groups is 1. The van der Waals surface area contributed by atoms with E-state index in [4.69, 9.17) is 9.51 Å². The molecular formula is C31H35N7O5S. The lowest BCUT2D eigenvalue weighted by atomic mass is 9.98. The number of amides is 3. The first-order valence-corrected chi connectivity index (χ1v) is 16.2. The first kappa shape index (κ1) is 29.7. The highest BCUT2D eigenvalue weighted by Gasteiger charge is 2.42. The second-order valence-corrected chi connectivity index (χ2v) is 13.5. The van der Waals surface area contributed by atoms with E-state index < -0.39 is 28.1 Å². The van der Waals surface area contributed by atoms with E-state index >= 15 is 0 Å². The maximum absolute atomic E-state index is 13.9. The second-order valence-electron chi connectivity index (χ2n) is 11.8. The number of hydrogen-bond acceptors (Lipinski definition) is 8. The Morgan fingerprint density at radius 2 is 1.93 bits per heavy atom. The Bertz CT molecular complexity index is 1840. The van der Waals surface area contributed by atoms with Gasteiger partial charge in [0.05, 0.1) is 22.5 Å². The van der Waals surface area contributed by atoms with E-state index in [2.05, 4.69) is 25.5 Å². The lowest BCUT2D eigenvalue weighted by Crippen LogP contribution is -2.41. The van der Waals surface area contributed by atoms with Crippen molar-refractivity contribution in [1.29, 1.82) is 0 Å². The van der Waals surface area contributed by atoms with Crippen molar-refractivity contribution < 1.29 is 22.5 Å². The monoisotopic (exact) mass is 617 g/mol. The van der Waals surface area contributed by atoms with Crippen LogP contribution in [0, 0.1) is 12.8 Å². The molecule has 2 unspecified atom stereocenters. The van der Waals surface area contributed by atoms with E-state index in [1.54, 1.807) is 43.6 Å². The van der Waals surface area contributed by atoms with Gasteiger partial charge in [0.2, 0.25) is 10.0 Å².